The highest BCUT2D eigenvalue weighted by Gasteiger charge is 2.04. The molecular formula is C19H24N4O3. The number of hydrogen-bond acceptors (Lipinski definition) is 4. The lowest BCUT2D eigenvalue weighted by Gasteiger charge is -2.11. The minimum absolute atomic E-state index is 0.0541. The van der Waals surface area contributed by atoms with E-state index in [4.69, 9.17) is 15.2 Å². The highest BCUT2D eigenvalue weighted by Crippen LogP contribution is 2.15. The van der Waals surface area contributed by atoms with Crippen LogP contribution in [0.4, 0.5) is 5.69 Å². The van der Waals surface area contributed by atoms with Gasteiger partial charge in [-0.25, -0.2) is 4.99 Å². The van der Waals surface area contributed by atoms with Crippen molar-refractivity contribution < 1.29 is 14.3 Å². The van der Waals surface area contributed by atoms with Gasteiger partial charge in [0.2, 0.25) is 5.91 Å². The molecule has 0 aromatic heterocycles. The molecule has 2 rings (SSSR count). The summed E-state index contributed by atoms with van der Waals surface area (Å²) in [6.45, 7) is 0.822. The standard InChI is InChI=1S/C19H24N4O3/c1-25-13-15-5-3-4-6-17(15)23-19(20)22-12-18(24)21-11-14-7-9-16(26-2)10-8-14/h3-10H,11-13H2,1-2H3,(H,21,24)(H3,20,22,23). The number of nitrogens with zero attached hydrogens (tertiary/aromatic N) is 1. The second kappa shape index (κ2) is 10.0. The largest absolute Gasteiger partial charge is 0.497 e. The van der Waals surface area contributed by atoms with Gasteiger partial charge in [-0.3, -0.25) is 4.79 Å². The van der Waals surface area contributed by atoms with Gasteiger partial charge in [-0.15, -0.1) is 0 Å². The maximum absolute atomic E-state index is 11.9. The zero-order valence-corrected chi connectivity index (χ0v) is 15.0. The van der Waals surface area contributed by atoms with Crippen LogP contribution in [0.25, 0.3) is 0 Å². The van der Waals surface area contributed by atoms with Gasteiger partial charge in [0.1, 0.15) is 12.3 Å². The quantitative estimate of drug-likeness (QED) is 0.496. The third kappa shape index (κ3) is 6.10. The third-order valence-corrected chi connectivity index (χ3v) is 3.62. The molecule has 0 unspecified atom stereocenters. The van der Waals surface area contributed by atoms with E-state index in [1.165, 1.54) is 0 Å². The van der Waals surface area contributed by atoms with Crippen molar-refractivity contribution in [2.45, 2.75) is 13.2 Å². The summed E-state index contributed by atoms with van der Waals surface area (Å²) in [4.78, 5) is 16.0. The molecule has 0 bridgehead atoms. The first kappa shape index (κ1) is 19.3. The van der Waals surface area contributed by atoms with Gasteiger partial charge in [-0.2, -0.15) is 0 Å². The molecule has 2 aromatic carbocycles. The van der Waals surface area contributed by atoms with Crippen molar-refractivity contribution in [3.8, 4) is 5.75 Å². The molecule has 26 heavy (non-hydrogen) atoms. The van der Waals surface area contributed by atoms with Crippen molar-refractivity contribution in [1.82, 2.24) is 5.32 Å². The highest BCUT2D eigenvalue weighted by atomic mass is 16.5. The van der Waals surface area contributed by atoms with Crippen LogP contribution >= 0.6 is 0 Å². The van der Waals surface area contributed by atoms with E-state index in [1.54, 1.807) is 14.2 Å². The van der Waals surface area contributed by atoms with Gasteiger partial charge in [0.05, 0.1) is 13.7 Å². The summed E-state index contributed by atoms with van der Waals surface area (Å²) in [5.74, 6) is 0.737. The average Bonchev–Trinajstić information content (AvgIpc) is 2.67. The number of benzene rings is 2. The van der Waals surface area contributed by atoms with E-state index in [2.05, 4.69) is 15.6 Å². The maximum Gasteiger partial charge on any atom is 0.242 e. The topological polar surface area (TPSA) is 98.0 Å². The van der Waals surface area contributed by atoms with Crippen LogP contribution in [0.3, 0.4) is 0 Å². The molecule has 7 heteroatoms. The Kier molecular flexibility index (Phi) is 7.45. The number of hydrogen-bond donors (Lipinski definition) is 3. The molecule has 0 spiro atoms. The van der Waals surface area contributed by atoms with Gasteiger partial charge >= 0.3 is 0 Å². The normalized spacial score (nSPS) is 11.1. The molecule has 0 fully saturated rings. The second-order valence-electron chi connectivity index (χ2n) is 5.54. The summed E-state index contributed by atoms with van der Waals surface area (Å²) in [5.41, 5.74) is 8.59. The Hall–Kier alpha value is -3.06. The van der Waals surface area contributed by atoms with Crippen molar-refractivity contribution in [2.24, 2.45) is 10.7 Å². The van der Waals surface area contributed by atoms with Gasteiger partial charge in [0.25, 0.3) is 0 Å². The molecule has 1 amide bonds. The van der Waals surface area contributed by atoms with Crippen LogP contribution in [-0.2, 0) is 22.7 Å². The van der Waals surface area contributed by atoms with E-state index in [9.17, 15) is 4.79 Å². The van der Waals surface area contributed by atoms with Crippen molar-refractivity contribution in [3.63, 3.8) is 0 Å². The molecule has 0 saturated carbocycles. The van der Waals surface area contributed by atoms with Crippen molar-refractivity contribution in [2.75, 3.05) is 26.1 Å². The van der Waals surface area contributed by atoms with Crippen LogP contribution in [0.15, 0.2) is 53.5 Å². The minimum Gasteiger partial charge on any atom is -0.497 e. The van der Waals surface area contributed by atoms with E-state index < -0.39 is 0 Å². The number of guanidine groups is 1. The Bertz CT molecular complexity index is 745. The van der Waals surface area contributed by atoms with Crippen LogP contribution in [0.2, 0.25) is 0 Å². The molecule has 0 atom stereocenters. The van der Waals surface area contributed by atoms with E-state index in [0.717, 1.165) is 22.6 Å². The molecule has 0 aliphatic rings. The van der Waals surface area contributed by atoms with Crippen molar-refractivity contribution in [3.05, 3.63) is 59.7 Å². The van der Waals surface area contributed by atoms with Crippen LogP contribution in [0.1, 0.15) is 11.1 Å². The monoisotopic (exact) mass is 356 g/mol. The molecule has 7 nitrogen and oxygen atoms in total. The Morgan fingerprint density at radius 2 is 1.85 bits per heavy atom. The number of carbonyl (C=O) groups is 1. The first-order chi connectivity index (χ1) is 12.6. The molecule has 4 N–H and O–H groups in total. The lowest BCUT2D eigenvalue weighted by molar-refractivity contribution is -0.119. The zero-order chi connectivity index (χ0) is 18.8. The fourth-order valence-corrected chi connectivity index (χ4v) is 2.26. The van der Waals surface area contributed by atoms with Gasteiger partial charge in [-0.05, 0) is 23.8 Å². The molecule has 2 aromatic rings. The Morgan fingerprint density at radius 1 is 1.12 bits per heavy atom. The predicted molar refractivity (Wildman–Crippen MR) is 102 cm³/mol. The Balaban J connectivity index is 1.83. The summed E-state index contributed by atoms with van der Waals surface area (Å²) in [6, 6.07) is 15.1. The fraction of sp³-hybridized carbons (Fsp3) is 0.263. The summed E-state index contributed by atoms with van der Waals surface area (Å²) in [7, 11) is 3.24. The second-order valence-corrected chi connectivity index (χ2v) is 5.54. The summed E-state index contributed by atoms with van der Waals surface area (Å²) >= 11 is 0. The molecular weight excluding hydrogens is 332 g/mol. The number of nitrogens with one attached hydrogen (secondary N) is 2. The number of ether oxygens (including phenoxy) is 2. The zero-order valence-electron chi connectivity index (χ0n) is 15.0. The Labute approximate surface area is 153 Å². The van der Waals surface area contributed by atoms with Crippen LogP contribution < -0.4 is 21.1 Å². The summed E-state index contributed by atoms with van der Waals surface area (Å²) in [5, 5.41) is 5.79. The average molecular weight is 356 g/mol. The molecule has 0 heterocycles. The molecule has 0 radical (unpaired) electrons. The Morgan fingerprint density at radius 3 is 2.54 bits per heavy atom. The predicted octanol–water partition coefficient (Wildman–Crippen LogP) is 1.88. The molecule has 0 aliphatic carbocycles. The van der Waals surface area contributed by atoms with E-state index in [0.29, 0.717) is 13.2 Å². The van der Waals surface area contributed by atoms with Crippen LogP contribution in [-0.4, -0.2) is 32.6 Å². The first-order valence-corrected chi connectivity index (χ1v) is 8.15. The highest BCUT2D eigenvalue weighted by molar-refractivity contribution is 5.94. The first-order valence-electron chi connectivity index (χ1n) is 8.15. The van der Waals surface area contributed by atoms with Crippen molar-refractivity contribution >= 4 is 17.6 Å². The lowest BCUT2D eigenvalue weighted by Crippen LogP contribution is -2.29. The van der Waals surface area contributed by atoms with Crippen molar-refractivity contribution in [1.29, 1.82) is 0 Å². The molecule has 138 valence electrons. The number of para-hydroxylation sites is 1. The van der Waals surface area contributed by atoms with Crippen LogP contribution in [0.5, 0.6) is 5.75 Å². The number of rotatable bonds is 8. The van der Waals surface area contributed by atoms with Gasteiger partial charge in [-0.1, -0.05) is 30.3 Å². The summed E-state index contributed by atoms with van der Waals surface area (Å²) < 4.78 is 10.2. The number of methoxy groups -OCH3 is 2. The van der Waals surface area contributed by atoms with Gasteiger partial charge < -0.3 is 25.8 Å². The number of amides is 1. The maximum atomic E-state index is 11.9. The lowest BCUT2D eigenvalue weighted by atomic mass is 10.2. The molecule has 0 saturated heterocycles. The molecule has 0 aliphatic heterocycles. The minimum atomic E-state index is -0.212. The van der Waals surface area contributed by atoms with E-state index in [1.807, 2.05) is 48.5 Å². The number of anilines is 1. The summed E-state index contributed by atoms with van der Waals surface area (Å²) in [6.07, 6.45) is 0. The van der Waals surface area contributed by atoms with Crippen LogP contribution in [0, 0.1) is 0 Å². The van der Waals surface area contributed by atoms with E-state index in [-0.39, 0.29) is 18.4 Å². The SMILES string of the molecule is COCc1ccccc1NC(N)=NCC(=O)NCc1ccc(OC)cc1. The fourth-order valence-electron chi connectivity index (χ4n) is 2.26. The third-order valence-electron chi connectivity index (χ3n) is 3.62. The number of carbonyl (C=O) groups excluding carboxylic acids is 1. The van der Waals surface area contributed by atoms with E-state index >= 15 is 0 Å². The smallest absolute Gasteiger partial charge is 0.242 e. The van der Waals surface area contributed by atoms with Gasteiger partial charge in [0, 0.05) is 24.9 Å². The van der Waals surface area contributed by atoms with Gasteiger partial charge in [0.15, 0.2) is 5.96 Å². The number of aliphatic imine (C=N–C) groups is 1. The number of nitrogens with two attached hydrogens (primary N) is 1.